The number of hydrogen-bond donors (Lipinski definition) is 2. The molecule has 2 atom stereocenters. The van der Waals surface area contributed by atoms with Gasteiger partial charge in [-0.3, -0.25) is 9.58 Å². The zero-order valence-electron chi connectivity index (χ0n) is 10.4. The number of nitrogens with zero attached hydrogens (tertiary/aromatic N) is 3. The van der Waals surface area contributed by atoms with Gasteiger partial charge in [0.15, 0.2) is 0 Å². The number of nitrogens with two attached hydrogens (primary N) is 1. The molecule has 3 N–H and O–H groups in total. The van der Waals surface area contributed by atoms with Gasteiger partial charge < -0.3 is 10.8 Å². The predicted octanol–water partition coefficient (Wildman–Crippen LogP) is 0.558. The molecule has 1 fully saturated rings. The second-order valence-electron chi connectivity index (χ2n) is 4.91. The van der Waals surface area contributed by atoms with Crippen LogP contribution in [-0.2, 0) is 6.54 Å². The molecule has 0 saturated carbocycles. The van der Waals surface area contributed by atoms with Crippen LogP contribution in [0, 0.1) is 5.92 Å². The Morgan fingerprint density at radius 3 is 3.00 bits per heavy atom. The summed E-state index contributed by atoms with van der Waals surface area (Å²) in [6.07, 6.45) is 4.15. The molecule has 0 aliphatic carbocycles. The fourth-order valence-electron chi connectivity index (χ4n) is 2.60. The first kappa shape index (κ1) is 12.4. The van der Waals surface area contributed by atoms with Crippen LogP contribution >= 0.6 is 0 Å². The third kappa shape index (κ3) is 2.98. The van der Waals surface area contributed by atoms with E-state index in [9.17, 15) is 5.11 Å². The van der Waals surface area contributed by atoms with E-state index in [0.29, 0.717) is 17.8 Å². The fourth-order valence-corrected chi connectivity index (χ4v) is 2.60. The van der Waals surface area contributed by atoms with Gasteiger partial charge in [0.25, 0.3) is 0 Å². The van der Waals surface area contributed by atoms with E-state index in [2.05, 4.69) is 16.9 Å². The summed E-state index contributed by atoms with van der Waals surface area (Å²) in [6.45, 7) is 5.51. The largest absolute Gasteiger partial charge is 0.395 e. The molecule has 2 unspecified atom stereocenters. The van der Waals surface area contributed by atoms with Crippen LogP contribution in [0.5, 0.6) is 0 Å². The van der Waals surface area contributed by atoms with E-state index in [1.807, 2.05) is 16.9 Å². The van der Waals surface area contributed by atoms with E-state index < -0.39 is 0 Å². The number of aromatic nitrogens is 2. The molecule has 1 aliphatic heterocycles. The van der Waals surface area contributed by atoms with Crippen molar-refractivity contribution >= 4 is 5.82 Å². The number of hydrogen-bond acceptors (Lipinski definition) is 4. The smallest absolute Gasteiger partial charge is 0.145 e. The van der Waals surface area contributed by atoms with E-state index in [-0.39, 0.29) is 6.61 Å². The first-order chi connectivity index (χ1) is 8.20. The Balaban J connectivity index is 1.75. The molecule has 2 heterocycles. The Labute approximate surface area is 102 Å². The van der Waals surface area contributed by atoms with Crippen LogP contribution in [0.15, 0.2) is 12.3 Å². The van der Waals surface area contributed by atoms with Crippen molar-refractivity contribution < 1.29 is 5.11 Å². The summed E-state index contributed by atoms with van der Waals surface area (Å²) in [5, 5.41) is 13.5. The first-order valence-corrected chi connectivity index (χ1v) is 6.34. The number of likely N-dealkylation sites (tertiary alicyclic amines) is 1. The molecule has 1 saturated heterocycles. The molecule has 0 aromatic carbocycles. The lowest BCUT2D eigenvalue weighted by molar-refractivity contribution is 0.137. The van der Waals surface area contributed by atoms with Crippen molar-refractivity contribution in [2.45, 2.75) is 32.4 Å². The van der Waals surface area contributed by atoms with Gasteiger partial charge in [-0.1, -0.05) is 6.92 Å². The van der Waals surface area contributed by atoms with Crippen LogP contribution in [0.4, 0.5) is 5.82 Å². The van der Waals surface area contributed by atoms with E-state index in [1.54, 1.807) is 0 Å². The number of aliphatic hydroxyl groups excluding tert-OH is 1. The molecule has 0 spiro atoms. The highest BCUT2D eigenvalue weighted by atomic mass is 16.3. The summed E-state index contributed by atoms with van der Waals surface area (Å²) >= 11 is 0. The van der Waals surface area contributed by atoms with Crippen molar-refractivity contribution in [2.75, 3.05) is 25.4 Å². The summed E-state index contributed by atoms with van der Waals surface area (Å²) in [6, 6.07) is 2.16. The molecule has 5 nitrogen and oxygen atoms in total. The lowest BCUT2D eigenvalue weighted by Crippen LogP contribution is -2.36. The highest BCUT2D eigenvalue weighted by molar-refractivity contribution is 5.23. The minimum atomic E-state index is 0.274. The highest BCUT2D eigenvalue weighted by Crippen LogP contribution is 2.23. The fraction of sp³-hybridized carbons (Fsp3) is 0.750. The van der Waals surface area contributed by atoms with Crippen LogP contribution in [0.3, 0.4) is 0 Å². The van der Waals surface area contributed by atoms with Gasteiger partial charge in [0.1, 0.15) is 5.82 Å². The first-order valence-electron chi connectivity index (χ1n) is 6.34. The molecule has 1 aliphatic rings. The van der Waals surface area contributed by atoms with E-state index >= 15 is 0 Å². The topological polar surface area (TPSA) is 67.3 Å². The molecule has 0 amide bonds. The van der Waals surface area contributed by atoms with Gasteiger partial charge in [-0.05, 0) is 31.4 Å². The Hall–Kier alpha value is -1.07. The molecule has 2 rings (SSSR count). The summed E-state index contributed by atoms with van der Waals surface area (Å²) < 4.78 is 1.88. The monoisotopic (exact) mass is 238 g/mol. The lowest BCUT2D eigenvalue weighted by atomic mass is 10.0. The van der Waals surface area contributed by atoms with Gasteiger partial charge in [-0.2, -0.15) is 5.10 Å². The molecular formula is C12H22N4O. The second-order valence-corrected chi connectivity index (χ2v) is 4.91. The standard InChI is InChI=1S/C12H22N4O/c1-10-3-7-15(11(10)9-17)5-2-6-16-8-4-12(13)14-16/h4,8,10-11,17H,2-3,5-7,9H2,1H3,(H2,13,14). The quantitative estimate of drug-likeness (QED) is 0.786. The van der Waals surface area contributed by atoms with Gasteiger partial charge in [0.2, 0.25) is 0 Å². The third-order valence-corrected chi connectivity index (χ3v) is 3.68. The molecule has 0 radical (unpaired) electrons. The second kappa shape index (κ2) is 5.51. The van der Waals surface area contributed by atoms with E-state index in [4.69, 9.17) is 5.73 Å². The van der Waals surface area contributed by atoms with Crippen molar-refractivity contribution in [1.82, 2.24) is 14.7 Å². The summed E-state index contributed by atoms with van der Waals surface area (Å²) in [5.41, 5.74) is 5.56. The zero-order valence-corrected chi connectivity index (χ0v) is 10.4. The maximum atomic E-state index is 9.35. The van der Waals surface area contributed by atoms with Crippen LogP contribution in [0.2, 0.25) is 0 Å². The van der Waals surface area contributed by atoms with Crippen LogP contribution in [0.25, 0.3) is 0 Å². The van der Waals surface area contributed by atoms with Crippen LogP contribution in [-0.4, -0.2) is 45.5 Å². The Morgan fingerprint density at radius 1 is 1.53 bits per heavy atom. The lowest BCUT2D eigenvalue weighted by Gasteiger charge is -2.24. The molecule has 96 valence electrons. The van der Waals surface area contributed by atoms with Crippen molar-refractivity contribution in [2.24, 2.45) is 5.92 Å². The van der Waals surface area contributed by atoms with Gasteiger partial charge in [0, 0.05) is 25.3 Å². The molecule has 1 aromatic rings. The Bertz CT molecular complexity index is 352. The minimum absolute atomic E-state index is 0.274. The third-order valence-electron chi connectivity index (χ3n) is 3.68. The van der Waals surface area contributed by atoms with Gasteiger partial charge >= 0.3 is 0 Å². The van der Waals surface area contributed by atoms with E-state index in [1.165, 1.54) is 6.42 Å². The van der Waals surface area contributed by atoms with Gasteiger partial charge in [-0.15, -0.1) is 0 Å². The number of nitrogen functional groups attached to an aromatic ring is 1. The Kier molecular flexibility index (Phi) is 4.02. The number of rotatable bonds is 5. The van der Waals surface area contributed by atoms with Crippen molar-refractivity contribution in [3.8, 4) is 0 Å². The summed E-state index contributed by atoms with van der Waals surface area (Å²) in [4.78, 5) is 2.39. The van der Waals surface area contributed by atoms with Crippen molar-refractivity contribution in [3.05, 3.63) is 12.3 Å². The summed E-state index contributed by atoms with van der Waals surface area (Å²) in [5.74, 6) is 1.19. The maximum Gasteiger partial charge on any atom is 0.145 e. The maximum absolute atomic E-state index is 9.35. The van der Waals surface area contributed by atoms with E-state index in [0.717, 1.165) is 26.1 Å². The molecular weight excluding hydrogens is 216 g/mol. The molecule has 5 heteroatoms. The summed E-state index contributed by atoms with van der Waals surface area (Å²) in [7, 11) is 0. The minimum Gasteiger partial charge on any atom is -0.395 e. The highest BCUT2D eigenvalue weighted by Gasteiger charge is 2.29. The van der Waals surface area contributed by atoms with Crippen molar-refractivity contribution in [1.29, 1.82) is 0 Å². The van der Waals surface area contributed by atoms with Gasteiger partial charge in [-0.25, -0.2) is 0 Å². The molecule has 0 bridgehead atoms. The average molecular weight is 238 g/mol. The van der Waals surface area contributed by atoms with Crippen LogP contribution in [0.1, 0.15) is 19.8 Å². The zero-order chi connectivity index (χ0) is 12.3. The predicted molar refractivity (Wildman–Crippen MR) is 67.5 cm³/mol. The van der Waals surface area contributed by atoms with Crippen LogP contribution < -0.4 is 5.73 Å². The average Bonchev–Trinajstić information content (AvgIpc) is 2.86. The number of aryl methyl sites for hydroxylation is 1. The Morgan fingerprint density at radius 2 is 2.35 bits per heavy atom. The van der Waals surface area contributed by atoms with Gasteiger partial charge in [0.05, 0.1) is 6.61 Å². The number of aliphatic hydroxyl groups is 1. The number of anilines is 1. The van der Waals surface area contributed by atoms with Crippen molar-refractivity contribution in [3.63, 3.8) is 0 Å². The molecule has 1 aromatic heterocycles. The molecule has 17 heavy (non-hydrogen) atoms. The SMILES string of the molecule is CC1CCN(CCCn2ccc(N)n2)C1CO. The normalized spacial score (nSPS) is 25.5.